The number of hydrogen-bond donors (Lipinski definition) is 1. The van der Waals surface area contributed by atoms with Crippen LogP contribution in [0.1, 0.15) is 17.8 Å². The smallest absolute Gasteiger partial charge is 0.193 e. The maximum Gasteiger partial charge on any atom is 0.193 e. The van der Waals surface area contributed by atoms with Crippen LogP contribution in [0.4, 0.5) is 4.39 Å². The van der Waals surface area contributed by atoms with Crippen molar-refractivity contribution in [2.24, 2.45) is 4.99 Å². The highest BCUT2D eigenvalue weighted by atomic mass is 127. The summed E-state index contributed by atoms with van der Waals surface area (Å²) < 4.78 is 20.8. The number of rotatable bonds is 7. The quantitative estimate of drug-likeness (QED) is 0.228. The van der Waals surface area contributed by atoms with Crippen LogP contribution in [0.25, 0.3) is 5.65 Å². The summed E-state index contributed by atoms with van der Waals surface area (Å²) in [4.78, 5) is 6.26. The molecule has 29 heavy (non-hydrogen) atoms. The van der Waals surface area contributed by atoms with Crippen molar-refractivity contribution in [2.45, 2.75) is 19.4 Å². The van der Waals surface area contributed by atoms with Crippen molar-refractivity contribution in [1.82, 2.24) is 24.8 Å². The Bertz CT molecular complexity index is 961. The van der Waals surface area contributed by atoms with Crippen molar-refractivity contribution in [3.8, 4) is 5.75 Å². The van der Waals surface area contributed by atoms with E-state index in [-0.39, 0.29) is 35.5 Å². The first-order valence-corrected chi connectivity index (χ1v) is 9.15. The number of ether oxygens (including phenoxy) is 1. The highest BCUT2D eigenvalue weighted by molar-refractivity contribution is 14.0. The minimum atomic E-state index is -0.364. The summed E-state index contributed by atoms with van der Waals surface area (Å²) in [5, 5.41) is 11.7. The van der Waals surface area contributed by atoms with Crippen molar-refractivity contribution in [3.63, 3.8) is 0 Å². The molecule has 0 bridgehead atoms. The van der Waals surface area contributed by atoms with Crippen LogP contribution in [0.5, 0.6) is 5.75 Å². The molecule has 0 aliphatic carbocycles. The van der Waals surface area contributed by atoms with Gasteiger partial charge in [-0.15, -0.1) is 34.2 Å². The summed E-state index contributed by atoms with van der Waals surface area (Å²) in [5.74, 6) is 1.57. The zero-order chi connectivity index (χ0) is 19.9. The predicted molar refractivity (Wildman–Crippen MR) is 123 cm³/mol. The highest BCUT2D eigenvalue weighted by Gasteiger charge is 2.10. The Kier molecular flexibility index (Phi) is 8.62. The normalized spacial score (nSPS) is 11.2. The number of hydrogen-bond acceptors (Lipinski definition) is 4. The Hall–Kier alpha value is -2.43. The van der Waals surface area contributed by atoms with Crippen molar-refractivity contribution in [2.75, 3.05) is 27.7 Å². The minimum Gasteiger partial charge on any atom is -0.494 e. The lowest BCUT2D eigenvalue weighted by Gasteiger charge is -2.22. The molecule has 1 N–H and O–H groups in total. The standard InChI is InChI=1S/C20H25FN6O.HI/c1-22-20(26(2)14-15-9-10-17(28-3)16(21)13-15)23-11-6-8-19-25-24-18-7-4-5-12-27(18)19;/h4-5,7,9-10,12-13H,6,8,11,14H2,1-3H3,(H,22,23);1H. The molecule has 7 nitrogen and oxygen atoms in total. The van der Waals surface area contributed by atoms with Gasteiger partial charge in [0.15, 0.2) is 23.2 Å². The van der Waals surface area contributed by atoms with E-state index < -0.39 is 0 Å². The second-order valence-electron chi connectivity index (χ2n) is 6.45. The molecule has 0 unspecified atom stereocenters. The van der Waals surface area contributed by atoms with Gasteiger partial charge in [0.1, 0.15) is 5.82 Å². The van der Waals surface area contributed by atoms with Crippen molar-refractivity contribution >= 4 is 35.6 Å². The molecule has 156 valence electrons. The van der Waals surface area contributed by atoms with Crippen LogP contribution in [-0.2, 0) is 13.0 Å². The molecule has 0 spiro atoms. The monoisotopic (exact) mass is 512 g/mol. The van der Waals surface area contributed by atoms with Crippen LogP contribution in [0.2, 0.25) is 0 Å². The number of guanidine groups is 1. The van der Waals surface area contributed by atoms with E-state index in [0.29, 0.717) is 6.54 Å². The third kappa shape index (κ3) is 5.78. The number of fused-ring (bicyclic) bond motifs is 1. The van der Waals surface area contributed by atoms with E-state index in [1.807, 2.05) is 46.8 Å². The lowest BCUT2D eigenvalue weighted by molar-refractivity contribution is 0.385. The van der Waals surface area contributed by atoms with Crippen molar-refractivity contribution in [1.29, 1.82) is 0 Å². The molecule has 9 heteroatoms. The van der Waals surface area contributed by atoms with E-state index in [4.69, 9.17) is 4.74 Å². The molecule has 0 amide bonds. The van der Waals surface area contributed by atoms with Gasteiger partial charge in [-0.2, -0.15) is 0 Å². The molecule has 0 radical (unpaired) electrons. The van der Waals surface area contributed by atoms with Crippen molar-refractivity contribution < 1.29 is 9.13 Å². The number of aliphatic imine (C=N–C) groups is 1. The van der Waals surface area contributed by atoms with E-state index in [1.54, 1.807) is 13.1 Å². The molecule has 0 aliphatic rings. The first-order chi connectivity index (χ1) is 13.6. The third-order valence-corrected chi connectivity index (χ3v) is 4.45. The van der Waals surface area contributed by atoms with E-state index in [2.05, 4.69) is 20.5 Å². The summed E-state index contributed by atoms with van der Waals surface area (Å²) in [6.45, 7) is 1.28. The maximum absolute atomic E-state index is 13.9. The second-order valence-corrected chi connectivity index (χ2v) is 6.45. The zero-order valence-electron chi connectivity index (χ0n) is 16.8. The minimum absolute atomic E-state index is 0. The fraction of sp³-hybridized carbons (Fsp3) is 0.350. The van der Waals surface area contributed by atoms with Gasteiger partial charge in [-0.3, -0.25) is 9.39 Å². The third-order valence-electron chi connectivity index (χ3n) is 4.45. The molecule has 2 heterocycles. The van der Waals surface area contributed by atoms with Gasteiger partial charge in [-0.1, -0.05) is 12.1 Å². The Labute approximate surface area is 187 Å². The second kappa shape index (κ2) is 10.9. The number of benzene rings is 1. The van der Waals surface area contributed by atoms with Gasteiger partial charge >= 0.3 is 0 Å². The predicted octanol–water partition coefficient (Wildman–Crippen LogP) is 3.14. The number of aryl methyl sites for hydroxylation is 1. The molecule has 0 saturated carbocycles. The molecule has 3 rings (SSSR count). The molecule has 3 aromatic rings. The van der Waals surface area contributed by atoms with E-state index >= 15 is 0 Å². The number of halogens is 2. The molecule has 1 aromatic carbocycles. The molecule has 0 atom stereocenters. The van der Waals surface area contributed by atoms with E-state index in [1.165, 1.54) is 13.2 Å². The fourth-order valence-electron chi connectivity index (χ4n) is 3.05. The van der Waals surface area contributed by atoms with Crippen LogP contribution in [0.3, 0.4) is 0 Å². The first kappa shape index (κ1) is 22.9. The average molecular weight is 512 g/mol. The largest absolute Gasteiger partial charge is 0.494 e. The number of nitrogens with one attached hydrogen (secondary N) is 1. The lowest BCUT2D eigenvalue weighted by Crippen LogP contribution is -2.39. The van der Waals surface area contributed by atoms with Crippen LogP contribution in [0.15, 0.2) is 47.6 Å². The number of pyridine rings is 1. The van der Waals surface area contributed by atoms with Gasteiger partial charge < -0.3 is 15.0 Å². The number of nitrogens with zero attached hydrogens (tertiary/aromatic N) is 5. The topological polar surface area (TPSA) is 67.0 Å². The zero-order valence-corrected chi connectivity index (χ0v) is 19.1. The average Bonchev–Trinajstić information content (AvgIpc) is 3.11. The van der Waals surface area contributed by atoms with Crippen LogP contribution < -0.4 is 10.1 Å². The molecule has 0 saturated heterocycles. The van der Waals surface area contributed by atoms with E-state index in [9.17, 15) is 4.39 Å². The Morgan fingerprint density at radius 1 is 1.28 bits per heavy atom. The summed E-state index contributed by atoms with van der Waals surface area (Å²) in [7, 11) is 5.11. The molecular weight excluding hydrogens is 486 g/mol. The van der Waals surface area contributed by atoms with Gasteiger partial charge in [0, 0.05) is 39.8 Å². The SMILES string of the molecule is CN=C(NCCCc1nnc2ccccn12)N(C)Cc1ccc(OC)c(F)c1.I. The molecule has 0 fully saturated rings. The van der Waals surface area contributed by atoms with Crippen LogP contribution >= 0.6 is 24.0 Å². The highest BCUT2D eigenvalue weighted by Crippen LogP contribution is 2.18. The fourth-order valence-corrected chi connectivity index (χ4v) is 3.05. The van der Waals surface area contributed by atoms with Crippen LogP contribution in [0, 0.1) is 5.82 Å². The van der Waals surface area contributed by atoms with Gasteiger partial charge in [-0.05, 0) is 36.2 Å². The lowest BCUT2D eigenvalue weighted by atomic mass is 10.2. The molecule has 0 aliphatic heterocycles. The van der Waals surface area contributed by atoms with Gasteiger partial charge in [0.25, 0.3) is 0 Å². The van der Waals surface area contributed by atoms with Crippen LogP contribution in [-0.4, -0.2) is 53.2 Å². The first-order valence-electron chi connectivity index (χ1n) is 9.15. The van der Waals surface area contributed by atoms with Crippen molar-refractivity contribution in [3.05, 3.63) is 59.8 Å². The van der Waals surface area contributed by atoms with Gasteiger partial charge in [-0.25, -0.2) is 4.39 Å². The Morgan fingerprint density at radius 2 is 2.10 bits per heavy atom. The molecular formula is C20H26FIN6O. The summed E-state index contributed by atoms with van der Waals surface area (Å²) in [6, 6.07) is 10.8. The Morgan fingerprint density at radius 3 is 2.83 bits per heavy atom. The van der Waals surface area contributed by atoms with Gasteiger partial charge in [0.05, 0.1) is 7.11 Å². The summed E-state index contributed by atoms with van der Waals surface area (Å²) in [6.07, 6.45) is 3.67. The maximum atomic E-state index is 13.9. The summed E-state index contributed by atoms with van der Waals surface area (Å²) in [5.41, 5.74) is 1.70. The Balaban J connectivity index is 0.00000300. The number of aromatic nitrogens is 3. The van der Waals surface area contributed by atoms with Gasteiger partial charge in [0.2, 0.25) is 0 Å². The molecule has 2 aromatic heterocycles. The number of methoxy groups -OCH3 is 1. The van der Waals surface area contributed by atoms with E-state index in [0.717, 1.165) is 42.4 Å². The summed E-state index contributed by atoms with van der Waals surface area (Å²) >= 11 is 0.